The van der Waals surface area contributed by atoms with Crippen molar-refractivity contribution in [1.29, 1.82) is 0 Å². The summed E-state index contributed by atoms with van der Waals surface area (Å²) >= 11 is 5.84. The maximum Gasteiger partial charge on any atom is 0.422 e. The number of halogens is 4. The Bertz CT molecular complexity index is 937. The number of aromatic amines is 1. The number of pyridine rings is 2. The van der Waals surface area contributed by atoms with Crippen LogP contribution in [0.15, 0.2) is 47.4 Å². The molecular weight excluding hydrogens is 345 g/mol. The van der Waals surface area contributed by atoms with Gasteiger partial charge in [0.25, 0.3) is 5.56 Å². The Morgan fingerprint density at radius 1 is 1.12 bits per heavy atom. The molecule has 0 amide bonds. The highest BCUT2D eigenvalue weighted by molar-refractivity contribution is 6.30. The average molecular weight is 355 g/mol. The van der Waals surface area contributed by atoms with Gasteiger partial charge in [-0.15, -0.1) is 0 Å². The third-order valence-electron chi connectivity index (χ3n) is 3.24. The predicted octanol–water partition coefficient (Wildman–Crippen LogP) is 4.18. The summed E-state index contributed by atoms with van der Waals surface area (Å²) in [5.74, 6) is -0.208. The molecule has 0 aliphatic heterocycles. The lowest BCUT2D eigenvalue weighted by atomic mass is 10.0. The first-order valence-corrected chi connectivity index (χ1v) is 7.19. The summed E-state index contributed by atoms with van der Waals surface area (Å²) in [5.41, 5.74) is 0.624. The quantitative estimate of drug-likeness (QED) is 0.767. The van der Waals surface area contributed by atoms with Gasteiger partial charge in [0.2, 0.25) is 5.88 Å². The molecule has 1 N–H and O–H groups in total. The first-order valence-electron chi connectivity index (χ1n) is 6.81. The van der Waals surface area contributed by atoms with E-state index in [-0.39, 0.29) is 17.0 Å². The first kappa shape index (κ1) is 16.3. The van der Waals surface area contributed by atoms with Gasteiger partial charge < -0.3 is 9.72 Å². The zero-order valence-corrected chi connectivity index (χ0v) is 12.8. The topological polar surface area (TPSA) is 55.0 Å². The molecule has 8 heteroatoms. The van der Waals surface area contributed by atoms with Gasteiger partial charge in [0, 0.05) is 22.7 Å². The highest BCUT2D eigenvalue weighted by Gasteiger charge is 2.28. The summed E-state index contributed by atoms with van der Waals surface area (Å²) in [4.78, 5) is 18.8. The van der Waals surface area contributed by atoms with Gasteiger partial charge in [0.1, 0.15) is 0 Å². The molecule has 2 aromatic heterocycles. The van der Waals surface area contributed by atoms with E-state index < -0.39 is 18.3 Å². The fourth-order valence-electron chi connectivity index (χ4n) is 2.21. The van der Waals surface area contributed by atoms with E-state index in [0.29, 0.717) is 16.0 Å². The van der Waals surface area contributed by atoms with Crippen LogP contribution in [0.2, 0.25) is 5.02 Å². The minimum atomic E-state index is -4.47. The number of nitrogens with one attached hydrogen (secondary N) is 1. The SMILES string of the molecule is O=c1[nH]cc2ccc(OCC(F)(F)F)nc2c1-c1ccc(Cl)cc1. The molecule has 4 nitrogen and oxygen atoms in total. The molecule has 3 aromatic rings. The number of benzene rings is 1. The molecule has 0 fully saturated rings. The van der Waals surface area contributed by atoms with Gasteiger partial charge in [-0.2, -0.15) is 13.2 Å². The maximum atomic E-state index is 12.3. The van der Waals surface area contributed by atoms with E-state index in [1.54, 1.807) is 24.3 Å². The zero-order chi connectivity index (χ0) is 17.3. The number of ether oxygens (including phenoxy) is 1. The molecule has 0 bridgehead atoms. The lowest BCUT2D eigenvalue weighted by Gasteiger charge is -2.10. The van der Waals surface area contributed by atoms with E-state index in [1.165, 1.54) is 18.3 Å². The summed E-state index contributed by atoms with van der Waals surface area (Å²) in [7, 11) is 0. The second-order valence-electron chi connectivity index (χ2n) is 4.99. The first-order chi connectivity index (χ1) is 11.3. The molecule has 0 unspecified atom stereocenters. The van der Waals surface area contributed by atoms with Crippen molar-refractivity contribution in [2.75, 3.05) is 6.61 Å². The van der Waals surface area contributed by atoms with E-state index in [2.05, 4.69) is 14.7 Å². The van der Waals surface area contributed by atoms with Crippen LogP contribution in [0.3, 0.4) is 0 Å². The molecule has 0 radical (unpaired) electrons. The largest absolute Gasteiger partial charge is 0.468 e. The Labute approximate surface area is 138 Å². The van der Waals surface area contributed by atoms with Crippen LogP contribution in [-0.2, 0) is 0 Å². The fourth-order valence-corrected chi connectivity index (χ4v) is 2.34. The van der Waals surface area contributed by atoms with Gasteiger partial charge in [0.15, 0.2) is 6.61 Å². The molecule has 0 spiro atoms. The Balaban J connectivity index is 2.11. The number of alkyl halides is 3. The molecule has 0 saturated heterocycles. The number of rotatable bonds is 3. The second kappa shape index (κ2) is 6.16. The fraction of sp³-hybridized carbons (Fsp3) is 0.125. The molecule has 1 aromatic carbocycles. The molecule has 0 aliphatic carbocycles. The average Bonchev–Trinajstić information content (AvgIpc) is 2.53. The van der Waals surface area contributed by atoms with Gasteiger partial charge in [0.05, 0.1) is 11.1 Å². The third-order valence-corrected chi connectivity index (χ3v) is 3.49. The van der Waals surface area contributed by atoms with E-state index in [9.17, 15) is 18.0 Å². The van der Waals surface area contributed by atoms with Gasteiger partial charge in [-0.25, -0.2) is 4.98 Å². The second-order valence-corrected chi connectivity index (χ2v) is 5.43. The van der Waals surface area contributed by atoms with Crippen LogP contribution in [0.25, 0.3) is 22.0 Å². The molecule has 2 heterocycles. The molecule has 3 rings (SSSR count). The molecule has 0 aliphatic rings. The number of nitrogens with zero attached hydrogens (tertiary/aromatic N) is 1. The number of hydrogen-bond acceptors (Lipinski definition) is 3. The molecule has 124 valence electrons. The summed E-state index contributed by atoms with van der Waals surface area (Å²) < 4.78 is 41.5. The lowest BCUT2D eigenvalue weighted by molar-refractivity contribution is -0.154. The monoisotopic (exact) mass is 354 g/mol. The van der Waals surface area contributed by atoms with Crippen LogP contribution in [-0.4, -0.2) is 22.8 Å². The van der Waals surface area contributed by atoms with Crippen molar-refractivity contribution >= 4 is 22.5 Å². The van der Waals surface area contributed by atoms with Crippen molar-refractivity contribution < 1.29 is 17.9 Å². The van der Waals surface area contributed by atoms with Crippen LogP contribution >= 0.6 is 11.6 Å². The molecule has 0 saturated carbocycles. The van der Waals surface area contributed by atoms with Crippen molar-refractivity contribution in [1.82, 2.24) is 9.97 Å². The van der Waals surface area contributed by atoms with Crippen LogP contribution < -0.4 is 10.3 Å². The number of aromatic nitrogens is 2. The van der Waals surface area contributed by atoms with Gasteiger partial charge in [-0.05, 0) is 23.8 Å². The maximum absolute atomic E-state index is 12.3. The third kappa shape index (κ3) is 3.51. The highest BCUT2D eigenvalue weighted by Crippen LogP contribution is 2.27. The highest BCUT2D eigenvalue weighted by atomic mass is 35.5. The Kier molecular flexibility index (Phi) is 4.19. The van der Waals surface area contributed by atoms with E-state index in [0.717, 1.165) is 0 Å². The molecule has 0 atom stereocenters. The van der Waals surface area contributed by atoms with Crippen molar-refractivity contribution in [3.63, 3.8) is 0 Å². The Morgan fingerprint density at radius 2 is 1.83 bits per heavy atom. The normalized spacial score (nSPS) is 11.7. The van der Waals surface area contributed by atoms with E-state index in [4.69, 9.17) is 11.6 Å². The van der Waals surface area contributed by atoms with E-state index >= 15 is 0 Å². The van der Waals surface area contributed by atoms with Crippen LogP contribution in [0.1, 0.15) is 0 Å². The van der Waals surface area contributed by atoms with Crippen LogP contribution in [0, 0.1) is 0 Å². The number of H-pyrrole nitrogens is 1. The Hall–Kier alpha value is -2.54. The van der Waals surface area contributed by atoms with Crippen molar-refractivity contribution in [3.05, 3.63) is 58.0 Å². The molecular formula is C16H10ClF3N2O2. The number of hydrogen-bond donors (Lipinski definition) is 1. The Morgan fingerprint density at radius 3 is 2.50 bits per heavy atom. The van der Waals surface area contributed by atoms with E-state index in [1.807, 2.05) is 0 Å². The van der Waals surface area contributed by atoms with Crippen molar-refractivity contribution in [3.8, 4) is 17.0 Å². The minimum Gasteiger partial charge on any atom is -0.468 e. The zero-order valence-electron chi connectivity index (χ0n) is 12.0. The predicted molar refractivity (Wildman–Crippen MR) is 84.4 cm³/mol. The van der Waals surface area contributed by atoms with Gasteiger partial charge in [-0.3, -0.25) is 4.79 Å². The van der Waals surface area contributed by atoms with Crippen LogP contribution in [0.4, 0.5) is 13.2 Å². The standard InChI is InChI=1S/C16H10ClF3N2O2/c17-11-4-1-9(2-5-11)13-14-10(7-21-15(13)23)3-6-12(22-14)24-8-16(18,19)20/h1-7H,8H2,(H,21,23). The van der Waals surface area contributed by atoms with Crippen molar-refractivity contribution in [2.24, 2.45) is 0 Å². The van der Waals surface area contributed by atoms with Gasteiger partial charge >= 0.3 is 6.18 Å². The smallest absolute Gasteiger partial charge is 0.422 e. The summed E-state index contributed by atoms with van der Waals surface area (Å²) in [5, 5.41) is 1.07. The van der Waals surface area contributed by atoms with Crippen molar-refractivity contribution in [2.45, 2.75) is 6.18 Å². The van der Waals surface area contributed by atoms with Crippen LogP contribution in [0.5, 0.6) is 5.88 Å². The molecule has 24 heavy (non-hydrogen) atoms. The summed E-state index contributed by atoms with van der Waals surface area (Å²) in [6, 6.07) is 9.34. The minimum absolute atomic E-state index is 0.208. The lowest BCUT2D eigenvalue weighted by Crippen LogP contribution is -2.19. The number of fused-ring (bicyclic) bond motifs is 1. The van der Waals surface area contributed by atoms with Gasteiger partial charge in [-0.1, -0.05) is 23.7 Å². The summed E-state index contributed by atoms with van der Waals surface area (Å²) in [6.07, 6.45) is -3.03. The summed E-state index contributed by atoms with van der Waals surface area (Å²) in [6.45, 7) is -1.45.